The number of thioether (sulfide) groups is 1. The van der Waals surface area contributed by atoms with Crippen LogP contribution in [0.1, 0.15) is 36.2 Å². The summed E-state index contributed by atoms with van der Waals surface area (Å²) in [4.78, 5) is 10.7. The van der Waals surface area contributed by atoms with Crippen molar-refractivity contribution in [3.05, 3.63) is 11.9 Å². The molecule has 0 amide bonds. The zero-order valence-electron chi connectivity index (χ0n) is 11.1. The van der Waals surface area contributed by atoms with E-state index in [1.807, 2.05) is 11.8 Å². The van der Waals surface area contributed by atoms with Crippen LogP contribution in [0.25, 0.3) is 0 Å². The van der Waals surface area contributed by atoms with E-state index in [0.29, 0.717) is 17.8 Å². The minimum atomic E-state index is -1.03. The van der Waals surface area contributed by atoms with Crippen molar-refractivity contribution < 1.29 is 9.90 Å². The summed E-state index contributed by atoms with van der Waals surface area (Å²) in [6.45, 7) is 1.45. The minimum Gasteiger partial charge on any atom is -0.476 e. The van der Waals surface area contributed by atoms with Gasteiger partial charge in [-0.05, 0) is 19.1 Å². The van der Waals surface area contributed by atoms with E-state index < -0.39 is 5.97 Å². The average Bonchev–Trinajstić information content (AvgIpc) is 2.88. The molecule has 2 atom stereocenters. The van der Waals surface area contributed by atoms with Gasteiger partial charge in [0, 0.05) is 17.8 Å². The molecule has 1 aromatic rings. The predicted octanol–water partition coefficient (Wildman–Crippen LogP) is 1.24. The normalized spacial score (nSPS) is 23.4. The molecule has 106 valence electrons. The number of nitrogens with one attached hydrogen (secondary N) is 1. The molecule has 0 bridgehead atoms. The van der Waals surface area contributed by atoms with Gasteiger partial charge < -0.3 is 10.4 Å². The van der Waals surface area contributed by atoms with Crippen molar-refractivity contribution in [2.45, 2.75) is 43.5 Å². The van der Waals surface area contributed by atoms with E-state index >= 15 is 0 Å². The molecule has 0 spiro atoms. The number of hydrogen-bond acceptors (Lipinski definition) is 5. The van der Waals surface area contributed by atoms with Gasteiger partial charge in [-0.1, -0.05) is 18.1 Å². The lowest BCUT2D eigenvalue weighted by Crippen LogP contribution is -2.41. The number of rotatable bonds is 6. The van der Waals surface area contributed by atoms with Crippen molar-refractivity contribution in [1.29, 1.82) is 0 Å². The van der Waals surface area contributed by atoms with Crippen LogP contribution >= 0.6 is 11.8 Å². The molecule has 0 aromatic carbocycles. The van der Waals surface area contributed by atoms with Gasteiger partial charge in [0.2, 0.25) is 0 Å². The highest BCUT2D eigenvalue weighted by atomic mass is 32.2. The Morgan fingerprint density at radius 3 is 3.05 bits per heavy atom. The summed E-state index contributed by atoms with van der Waals surface area (Å²) in [7, 11) is 0. The van der Waals surface area contributed by atoms with Gasteiger partial charge in [-0.2, -0.15) is 11.8 Å². The van der Waals surface area contributed by atoms with Crippen molar-refractivity contribution in [2.75, 3.05) is 12.8 Å². The molecule has 1 heterocycles. The van der Waals surface area contributed by atoms with Crippen LogP contribution in [0, 0.1) is 0 Å². The number of aromatic carboxylic acids is 1. The second kappa shape index (κ2) is 6.91. The summed E-state index contributed by atoms with van der Waals surface area (Å²) in [5.74, 6) is -1.03. The van der Waals surface area contributed by atoms with Gasteiger partial charge in [0.05, 0.1) is 12.7 Å². The van der Waals surface area contributed by atoms with E-state index in [0.717, 1.165) is 6.54 Å². The number of aromatic nitrogens is 3. The molecule has 2 N–H and O–H groups in total. The Kier molecular flexibility index (Phi) is 5.21. The van der Waals surface area contributed by atoms with E-state index in [-0.39, 0.29) is 5.69 Å². The van der Waals surface area contributed by atoms with E-state index in [9.17, 15) is 4.79 Å². The van der Waals surface area contributed by atoms with Gasteiger partial charge in [-0.15, -0.1) is 5.10 Å². The smallest absolute Gasteiger partial charge is 0.358 e. The summed E-state index contributed by atoms with van der Waals surface area (Å²) < 4.78 is 1.58. The molecule has 0 saturated heterocycles. The lowest BCUT2D eigenvalue weighted by molar-refractivity contribution is 0.0690. The van der Waals surface area contributed by atoms with Crippen molar-refractivity contribution in [3.8, 4) is 0 Å². The third kappa shape index (κ3) is 3.94. The first-order chi connectivity index (χ1) is 9.20. The lowest BCUT2D eigenvalue weighted by atomic mass is 9.95. The van der Waals surface area contributed by atoms with Gasteiger partial charge in [-0.25, -0.2) is 4.79 Å². The molecule has 7 heteroatoms. The summed E-state index contributed by atoms with van der Waals surface area (Å²) in [5, 5.41) is 20.4. The molecule has 0 aliphatic heterocycles. The fourth-order valence-electron chi connectivity index (χ4n) is 2.48. The van der Waals surface area contributed by atoms with Crippen LogP contribution in [0.5, 0.6) is 0 Å². The van der Waals surface area contributed by atoms with Gasteiger partial charge in [0.1, 0.15) is 0 Å². The molecule has 1 aliphatic rings. The maximum atomic E-state index is 10.7. The molecular weight excluding hydrogens is 264 g/mol. The maximum Gasteiger partial charge on any atom is 0.358 e. The second-order valence-corrected chi connectivity index (χ2v) is 5.87. The molecule has 19 heavy (non-hydrogen) atoms. The van der Waals surface area contributed by atoms with Gasteiger partial charge >= 0.3 is 5.97 Å². The molecular formula is C12H20N4O2S. The first-order valence-electron chi connectivity index (χ1n) is 6.60. The van der Waals surface area contributed by atoms with Gasteiger partial charge in [-0.3, -0.25) is 4.68 Å². The van der Waals surface area contributed by atoms with Crippen LogP contribution in [0.4, 0.5) is 0 Å². The standard InChI is InChI=1S/C12H20N4O2S/c1-19-11-5-3-2-4-9(11)13-6-7-16-8-10(12(17)18)14-15-16/h8-9,11,13H,2-7H2,1H3,(H,17,18). The Bertz CT molecular complexity index is 424. The lowest BCUT2D eigenvalue weighted by Gasteiger charge is -2.31. The fraction of sp³-hybridized carbons (Fsp3) is 0.750. The largest absolute Gasteiger partial charge is 0.476 e. The maximum absolute atomic E-state index is 10.7. The third-order valence-electron chi connectivity index (χ3n) is 3.51. The topological polar surface area (TPSA) is 80.0 Å². The number of carbonyl (C=O) groups is 1. The second-order valence-electron chi connectivity index (χ2n) is 4.79. The Morgan fingerprint density at radius 1 is 1.58 bits per heavy atom. The number of nitrogens with zero attached hydrogens (tertiary/aromatic N) is 3. The Labute approximate surface area is 116 Å². The van der Waals surface area contributed by atoms with E-state index in [2.05, 4.69) is 21.9 Å². The molecule has 1 fully saturated rings. The number of carboxylic acids is 1. The Morgan fingerprint density at radius 2 is 2.37 bits per heavy atom. The molecule has 2 rings (SSSR count). The third-order valence-corrected chi connectivity index (χ3v) is 4.68. The van der Waals surface area contributed by atoms with Gasteiger partial charge in [0.25, 0.3) is 0 Å². The average molecular weight is 284 g/mol. The highest BCUT2D eigenvalue weighted by molar-refractivity contribution is 7.99. The Hall–Kier alpha value is -1.08. The van der Waals surface area contributed by atoms with E-state index in [1.54, 1.807) is 4.68 Å². The molecule has 0 radical (unpaired) electrons. The van der Waals surface area contributed by atoms with Crippen LogP contribution in [-0.2, 0) is 6.54 Å². The Balaban J connectivity index is 1.77. The fourth-order valence-corrected chi connectivity index (χ4v) is 3.45. The quantitative estimate of drug-likeness (QED) is 0.818. The first-order valence-corrected chi connectivity index (χ1v) is 7.89. The number of hydrogen-bond donors (Lipinski definition) is 2. The van der Waals surface area contributed by atoms with Crippen molar-refractivity contribution in [2.24, 2.45) is 0 Å². The molecule has 1 aromatic heterocycles. The van der Waals surface area contributed by atoms with Crippen molar-refractivity contribution in [1.82, 2.24) is 20.3 Å². The van der Waals surface area contributed by atoms with Crippen LogP contribution < -0.4 is 5.32 Å². The van der Waals surface area contributed by atoms with Gasteiger partial charge in [0.15, 0.2) is 5.69 Å². The first kappa shape index (κ1) is 14.3. The SMILES string of the molecule is CSC1CCCCC1NCCn1cc(C(=O)O)nn1. The molecule has 1 aliphatic carbocycles. The van der Waals surface area contributed by atoms with E-state index in [1.165, 1.54) is 31.9 Å². The van der Waals surface area contributed by atoms with Crippen LogP contribution in [0.2, 0.25) is 0 Å². The number of carboxylic acid groups (broad SMARTS) is 1. The van der Waals surface area contributed by atoms with Crippen LogP contribution in [-0.4, -0.2) is 50.2 Å². The molecule has 1 saturated carbocycles. The van der Waals surface area contributed by atoms with Crippen LogP contribution in [0.15, 0.2) is 6.20 Å². The van der Waals surface area contributed by atoms with E-state index in [4.69, 9.17) is 5.11 Å². The monoisotopic (exact) mass is 284 g/mol. The minimum absolute atomic E-state index is 0.000318. The van der Waals surface area contributed by atoms with Crippen molar-refractivity contribution >= 4 is 17.7 Å². The molecule has 6 nitrogen and oxygen atoms in total. The highest BCUT2D eigenvalue weighted by Gasteiger charge is 2.23. The molecule has 2 unspecified atom stereocenters. The predicted molar refractivity (Wildman–Crippen MR) is 74.5 cm³/mol. The van der Waals surface area contributed by atoms with Crippen LogP contribution in [0.3, 0.4) is 0 Å². The summed E-state index contributed by atoms with van der Waals surface area (Å²) in [5.41, 5.74) is -0.000318. The highest BCUT2D eigenvalue weighted by Crippen LogP contribution is 2.26. The zero-order valence-corrected chi connectivity index (χ0v) is 11.9. The zero-order chi connectivity index (χ0) is 13.7. The summed E-state index contributed by atoms with van der Waals surface area (Å²) >= 11 is 1.93. The summed E-state index contributed by atoms with van der Waals surface area (Å²) in [6.07, 6.45) is 8.77. The summed E-state index contributed by atoms with van der Waals surface area (Å²) in [6, 6.07) is 0.561. The van der Waals surface area contributed by atoms with Crippen molar-refractivity contribution in [3.63, 3.8) is 0 Å².